The van der Waals surface area contributed by atoms with E-state index in [0.717, 1.165) is 12.0 Å². The van der Waals surface area contributed by atoms with E-state index < -0.39 is 27.0 Å². The van der Waals surface area contributed by atoms with Crippen molar-refractivity contribution in [2.45, 2.75) is 63.1 Å². The maximum absolute atomic E-state index is 16.0. The average molecular weight is 431 g/mol. The van der Waals surface area contributed by atoms with Crippen molar-refractivity contribution in [3.63, 3.8) is 0 Å². The topological polar surface area (TPSA) is 79.2 Å². The molecule has 0 bridgehead atoms. The van der Waals surface area contributed by atoms with E-state index in [1.165, 1.54) is 0 Å². The molecule has 1 saturated carbocycles. The number of benzene rings is 2. The Morgan fingerprint density at radius 1 is 1.20 bits per heavy atom. The highest BCUT2D eigenvalue weighted by Crippen LogP contribution is 2.42. The average Bonchev–Trinajstić information content (AvgIpc) is 2.74. The summed E-state index contributed by atoms with van der Waals surface area (Å²) in [6, 6.07) is 15.3. The lowest BCUT2D eigenvalue weighted by atomic mass is 9.77. The number of rotatable bonds is 7. The highest BCUT2D eigenvalue weighted by molar-refractivity contribution is 7.90. The van der Waals surface area contributed by atoms with Crippen LogP contribution in [0, 0.1) is 11.3 Å². The van der Waals surface area contributed by atoms with Gasteiger partial charge in [-0.1, -0.05) is 36.8 Å². The highest BCUT2D eigenvalue weighted by atomic mass is 32.2. The molecule has 1 aliphatic carbocycles. The Balaban J connectivity index is 1.75. The van der Waals surface area contributed by atoms with E-state index in [9.17, 15) is 8.42 Å². The third-order valence-electron chi connectivity index (χ3n) is 5.63. The summed E-state index contributed by atoms with van der Waals surface area (Å²) in [5.41, 5.74) is 0.0239. The first-order valence-electron chi connectivity index (χ1n) is 10.2. The second kappa shape index (κ2) is 9.15. The SMILES string of the molecule is CC(C)S(=O)(=O)NC1CCCC[C@]1(F)c1ccc(OCc2ccccc2C#N)cc1. The zero-order valence-corrected chi connectivity index (χ0v) is 18.1. The molecule has 1 aliphatic rings. The molecule has 0 radical (unpaired) electrons. The molecule has 0 heterocycles. The Morgan fingerprint density at radius 2 is 1.90 bits per heavy atom. The standard InChI is InChI=1S/C23H27FN2O3S/c1-17(2)30(27,28)26-22-9-5-6-14-23(22,24)20-10-12-21(13-11-20)29-16-19-8-4-3-7-18(19)15-25/h3-4,7-8,10-13,17,22,26H,5-6,9,14,16H2,1-2H3/t22?,23-/m0/s1. The number of halogens is 1. The summed E-state index contributed by atoms with van der Waals surface area (Å²) < 4.78 is 49.0. The fourth-order valence-electron chi connectivity index (χ4n) is 3.71. The van der Waals surface area contributed by atoms with Crippen LogP contribution in [0.25, 0.3) is 0 Å². The molecule has 160 valence electrons. The lowest BCUT2D eigenvalue weighted by molar-refractivity contribution is 0.0711. The van der Waals surface area contributed by atoms with Crippen LogP contribution in [0.3, 0.4) is 0 Å². The molecule has 1 N–H and O–H groups in total. The van der Waals surface area contributed by atoms with E-state index in [1.807, 2.05) is 12.1 Å². The molecule has 1 unspecified atom stereocenters. The number of ether oxygens (including phenoxy) is 1. The first-order chi connectivity index (χ1) is 14.3. The summed E-state index contributed by atoms with van der Waals surface area (Å²) in [5.74, 6) is 0.560. The van der Waals surface area contributed by atoms with Crippen LogP contribution in [0.15, 0.2) is 48.5 Å². The van der Waals surface area contributed by atoms with Crippen LogP contribution in [0.5, 0.6) is 5.75 Å². The number of nitrogens with one attached hydrogen (secondary N) is 1. The van der Waals surface area contributed by atoms with Crippen molar-refractivity contribution in [2.24, 2.45) is 0 Å². The summed E-state index contributed by atoms with van der Waals surface area (Å²) >= 11 is 0. The fraction of sp³-hybridized carbons (Fsp3) is 0.435. The van der Waals surface area contributed by atoms with Gasteiger partial charge in [0, 0.05) is 5.56 Å². The molecule has 0 saturated heterocycles. The minimum Gasteiger partial charge on any atom is -0.489 e. The third kappa shape index (κ3) is 4.82. The van der Waals surface area contributed by atoms with E-state index in [1.54, 1.807) is 50.2 Å². The molecule has 2 atom stereocenters. The first kappa shape index (κ1) is 22.3. The molecule has 0 aromatic heterocycles. The zero-order chi connectivity index (χ0) is 21.8. The van der Waals surface area contributed by atoms with Gasteiger partial charge in [-0.05, 0) is 56.9 Å². The Morgan fingerprint density at radius 3 is 2.57 bits per heavy atom. The van der Waals surface area contributed by atoms with Gasteiger partial charge < -0.3 is 4.74 Å². The van der Waals surface area contributed by atoms with Crippen molar-refractivity contribution in [1.82, 2.24) is 4.72 Å². The number of hydrogen-bond donors (Lipinski definition) is 1. The lowest BCUT2D eigenvalue weighted by Crippen LogP contribution is -2.51. The quantitative estimate of drug-likeness (QED) is 0.698. The first-order valence-corrected chi connectivity index (χ1v) is 11.7. The van der Waals surface area contributed by atoms with Gasteiger partial charge in [-0.2, -0.15) is 5.26 Å². The van der Waals surface area contributed by atoms with E-state index in [2.05, 4.69) is 10.8 Å². The van der Waals surface area contributed by atoms with E-state index in [-0.39, 0.29) is 13.0 Å². The van der Waals surface area contributed by atoms with Crippen molar-refractivity contribution < 1.29 is 17.5 Å². The van der Waals surface area contributed by atoms with Crippen molar-refractivity contribution in [3.05, 3.63) is 65.2 Å². The Hall–Kier alpha value is -2.43. The van der Waals surface area contributed by atoms with Crippen LogP contribution in [-0.2, 0) is 22.3 Å². The molecule has 1 fully saturated rings. The van der Waals surface area contributed by atoms with E-state index >= 15 is 4.39 Å². The number of sulfonamides is 1. The monoisotopic (exact) mass is 430 g/mol. The number of alkyl halides is 1. The van der Waals surface area contributed by atoms with Crippen LogP contribution in [-0.4, -0.2) is 19.7 Å². The Bertz CT molecular complexity index is 1020. The van der Waals surface area contributed by atoms with Crippen LogP contribution in [0.1, 0.15) is 56.2 Å². The lowest BCUT2D eigenvalue weighted by Gasteiger charge is -2.38. The number of hydrogen-bond acceptors (Lipinski definition) is 4. The van der Waals surface area contributed by atoms with Gasteiger partial charge in [-0.3, -0.25) is 0 Å². The van der Waals surface area contributed by atoms with Crippen molar-refractivity contribution in [2.75, 3.05) is 0 Å². The molecular formula is C23H27FN2O3S. The molecule has 3 rings (SSSR count). The van der Waals surface area contributed by atoms with Crippen LogP contribution in [0.2, 0.25) is 0 Å². The second-order valence-corrected chi connectivity index (χ2v) is 10.2. The molecule has 0 aliphatic heterocycles. The van der Waals surface area contributed by atoms with E-state index in [4.69, 9.17) is 10.00 Å². The van der Waals surface area contributed by atoms with Crippen LogP contribution < -0.4 is 9.46 Å². The minimum absolute atomic E-state index is 0.237. The normalized spacial score (nSPS) is 21.9. The van der Waals surface area contributed by atoms with Gasteiger partial charge in [0.2, 0.25) is 10.0 Å². The largest absolute Gasteiger partial charge is 0.489 e. The minimum atomic E-state index is -3.57. The molecule has 30 heavy (non-hydrogen) atoms. The Labute approximate surface area is 177 Å². The maximum Gasteiger partial charge on any atom is 0.214 e. The van der Waals surface area contributed by atoms with Gasteiger partial charge in [-0.15, -0.1) is 0 Å². The smallest absolute Gasteiger partial charge is 0.214 e. The Kier molecular flexibility index (Phi) is 6.79. The van der Waals surface area contributed by atoms with Crippen molar-refractivity contribution in [3.8, 4) is 11.8 Å². The third-order valence-corrected chi connectivity index (χ3v) is 7.48. The van der Waals surface area contributed by atoms with Gasteiger partial charge in [0.1, 0.15) is 12.4 Å². The highest BCUT2D eigenvalue weighted by Gasteiger charge is 2.44. The van der Waals surface area contributed by atoms with Crippen LogP contribution in [0.4, 0.5) is 4.39 Å². The molecule has 0 amide bonds. The van der Waals surface area contributed by atoms with Gasteiger partial charge in [-0.25, -0.2) is 17.5 Å². The van der Waals surface area contributed by atoms with E-state index in [0.29, 0.717) is 29.7 Å². The number of nitriles is 1. The summed E-state index contributed by atoms with van der Waals surface area (Å²) in [7, 11) is -3.57. The molecule has 2 aromatic rings. The number of nitrogens with zero attached hydrogens (tertiary/aromatic N) is 1. The second-order valence-electron chi connectivity index (χ2n) is 7.95. The predicted molar refractivity (Wildman–Crippen MR) is 114 cm³/mol. The summed E-state index contributed by atoms with van der Waals surface area (Å²) in [4.78, 5) is 0. The van der Waals surface area contributed by atoms with Crippen molar-refractivity contribution in [1.29, 1.82) is 5.26 Å². The van der Waals surface area contributed by atoms with Gasteiger partial charge in [0.25, 0.3) is 0 Å². The molecule has 0 spiro atoms. The molecule has 5 nitrogen and oxygen atoms in total. The zero-order valence-electron chi connectivity index (χ0n) is 17.3. The van der Waals surface area contributed by atoms with Crippen LogP contribution >= 0.6 is 0 Å². The van der Waals surface area contributed by atoms with Crippen molar-refractivity contribution >= 4 is 10.0 Å². The maximum atomic E-state index is 16.0. The fourth-order valence-corrected chi connectivity index (χ4v) is 4.68. The van der Waals surface area contributed by atoms with Gasteiger partial charge in [0.05, 0.1) is 22.9 Å². The summed E-state index contributed by atoms with van der Waals surface area (Å²) in [5, 5.41) is 8.55. The molecule has 7 heteroatoms. The van der Waals surface area contributed by atoms with Gasteiger partial charge >= 0.3 is 0 Å². The molecular weight excluding hydrogens is 403 g/mol. The molecule has 2 aromatic carbocycles. The summed E-state index contributed by atoms with van der Waals surface area (Å²) in [6.07, 6.45) is 2.23. The predicted octanol–water partition coefficient (Wildman–Crippen LogP) is 4.57. The summed E-state index contributed by atoms with van der Waals surface area (Å²) in [6.45, 7) is 3.41. The van der Waals surface area contributed by atoms with Gasteiger partial charge in [0.15, 0.2) is 5.67 Å².